The zero-order valence-electron chi connectivity index (χ0n) is 15.2. The van der Waals surface area contributed by atoms with Crippen LogP contribution in [0.25, 0.3) is 0 Å². The molecule has 0 radical (unpaired) electrons. The third-order valence-electron chi connectivity index (χ3n) is 6.10. The van der Waals surface area contributed by atoms with E-state index in [9.17, 15) is 19.8 Å². The first-order chi connectivity index (χ1) is 12.2. The van der Waals surface area contributed by atoms with Crippen LogP contribution >= 0.6 is 0 Å². The van der Waals surface area contributed by atoms with Gasteiger partial charge in [-0.2, -0.15) is 0 Å². The standard InChI is InChI=1S/C18H24N4O4/c1-5-6(2)16(24)10-9(15(5)23)21-13-14(22-10)18(26)12-11(17(13)25)19-7(3)8(4)20-12/h7-10,15-16,19-24H,1-4H3. The van der Waals surface area contributed by atoms with Crippen molar-refractivity contribution in [1.29, 1.82) is 0 Å². The predicted octanol–water partition coefficient (Wildman–Crippen LogP) is -1.47. The number of fused-ring (bicyclic) bond motifs is 1. The van der Waals surface area contributed by atoms with Crippen molar-refractivity contribution in [2.24, 2.45) is 0 Å². The van der Waals surface area contributed by atoms with Gasteiger partial charge in [0, 0.05) is 12.1 Å². The van der Waals surface area contributed by atoms with E-state index in [1.807, 2.05) is 13.8 Å². The average molecular weight is 360 g/mol. The number of ketones is 2. The second-order valence-electron chi connectivity index (χ2n) is 7.62. The third-order valence-corrected chi connectivity index (χ3v) is 6.10. The maximum atomic E-state index is 13.0. The van der Waals surface area contributed by atoms with Crippen molar-refractivity contribution in [2.45, 2.75) is 64.1 Å². The summed E-state index contributed by atoms with van der Waals surface area (Å²) in [7, 11) is 0. The van der Waals surface area contributed by atoms with Crippen LogP contribution in [-0.4, -0.2) is 58.2 Å². The van der Waals surface area contributed by atoms with Crippen LogP contribution in [0.15, 0.2) is 33.9 Å². The van der Waals surface area contributed by atoms with E-state index in [0.29, 0.717) is 11.1 Å². The van der Waals surface area contributed by atoms with Gasteiger partial charge < -0.3 is 31.5 Å². The summed E-state index contributed by atoms with van der Waals surface area (Å²) in [4.78, 5) is 25.9. The minimum atomic E-state index is -0.861. The molecule has 4 aliphatic rings. The van der Waals surface area contributed by atoms with Crippen LogP contribution < -0.4 is 21.3 Å². The van der Waals surface area contributed by atoms with Crippen molar-refractivity contribution in [3.8, 4) is 0 Å². The fourth-order valence-corrected chi connectivity index (χ4v) is 4.03. The summed E-state index contributed by atoms with van der Waals surface area (Å²) >= 11 is 0. The minimum absolute atomic E-state index is 0.00753. The second-order valence-corrected chi connectivity index (χ2v) is 7.62. The van der Waals surface area contributed by atoms with Gasteiger partial charge in [0.25, 0.3) is 0 Å². The van der Waals surface area contributed by atoms with Crippen LogP contribution in [0.5, 0.6) is 0 Å². The van der Waals surface area contributed by atoms with Crippen LogP contribution in [0.3, 0.4) is 0 Å². The molecule has 6 unspecified atom stereocenters. The Bertz CT molecular complexity index is 748. The monoisotopic (exact) mass is 360 g/mol. The van der Waals surface area contributed by atoms with Gasteiger partial charge in [0.15, 0.2) is 0 Å². The summed E-state index contributed by atoms with van der Waals surface area (Å²) in [5, 5.41) is 33.4. The van der Waals surface area contributed by atoms with Gasteiger partial charge in [-0.25, -0.2) is 0 Å². The highest BCUT2D eigenvalue weighted by molar-refractivity contribution is 6.24. The molecule has 26 heavy (non-hydrogen) atoms. The highest BCUT2D eigenvalue weighted by atomic mass is 16.3. The molecule has 6 atom stereocenters. The maximum Gasteiger partial charge on any atom is 0.229 e. The molecule has 140 valence electrons. The number of rotatable bonds is 0. The van der Waals surface area contributed by atoms with Crippen molar-refractivity contribution in [1.82, 2.24) is 21.3 Å². The lowest BCUT2D eigenvalue weighted by Gasteiger charge is -2.47. The van der Waals surface area contributed by atoms with Crippen molar-refractivity contribution in [3.63, 3.8) is 0 Å². The summed E-state index contributed by atoms with van der Waals surface area (Å²) in [6, 6.07) is -1.21. The number of hydrogen-bond acceptors (Lipinski definition) is 8. The predicted molar refractivity (Wildman–Crippen MR) is 93.5 cm³/mol. The lowest BCUT2D eigenvalue weighted by Crippen LogP contribution is -2.68. The largest absolute Gasteiger partial charge is 0.387 e. The van der Waals surface area contributed by atoms with Crippen molar-refractivity contribution >= 4 is 11.6 Å². The number of carbonyl (C=O) groups is 2. The van der Waals surface area contributed by atoms with Gasteiger partial charge in [-0.15, -0.1) is 0 Å². The molecule has 0 saturated heterocycles. The van der Waals surface area contributed by atoms with Gasteiger partial charge in [-0.1, -0.05) is 0 Å². The lowest BCUT2D eigenvalue weighted by molar-refractivity contribution is -0.119. The number of aliphatic hydroxyl groups excluding tert-OH is 2. The molecule has 2 heterocycles. The Morgan fingerprint density at radius 1 is 0.654 bits per heavy atom. The van der Waals surface area contributed by atoms with Crippen molar-refractivity contribution in [3.05, 3.63) is 33.9 Å². The number of carbonyl (C=O) groups excluding carboxylic acids is 2. The number of aliphatic hydroxyl groups is 2. The van der Waals surface area contributed by atoms with Gasteiger partial charge in [0.05, 0.1) is 24.3 Å². The summed E-state index contributed by atoms with van der Waals surface area (Å²) in [6.45, 7) is 7.39. The van der Waals surface area contributed by atoms with Gasteiger partial charge in [0.2, 0.25) is 11.6 Å². The first-order valence-corrected chi connectivity index (χ1v) is 8.89. The molecule has 8 nitrogen and oxygen atoms in total. The van der Waals surface area contributed by atoms with Crippen LogP contribution in [0.2, 0.25) is 0 Å². The number of Topliss-reactive ketones (excluding diaryl/α,β-unsaturated/α-hetero) is 2. The molecule has 0 aromatic carbocycles. The molecule has 0 aromatic heterocycles. The molecule has 0 bridgehead atoms. The molecule has 0 spiro atoms. The average Bonchev–Trinajstić information content (AvgIpc) is 2.63. The Kier molecular flexibility index (Phi) is 3.68. The fourth-order valence-electron chi connectivity index (χ4n) is 4.03. The van der Waals surface area contributed by atoms with Crippen molar-refractivity contribution < 1.29 is 19.8 Å². The Balaban J connectivity index is 1.73. The van der Waals surface area contributed by atoms with E-state index in [1.165, 1.54) is 0 Å². The minimum Gasteiger partial charge on any atom is -0.387 e. The van der Waals surface area contributed by atoms with Crippen LogP contribution in [-0.2, 0) is 9.59 Å². The van der Waals surface area contributed by atoms with E-state index in [1.54, 1.807) is 13.8 Å². The molecule has 8 heteroatoms. The molecule has 0 fully saturated rings. The molecule has 0 amide bonds. The second kappa shape index (κ2) is 5.59. The zero-order valence-corrected chi connectivity index (χ0v) is 15.2. The molecule has 2 aliphatic carbocycles. The summed E-state index contributed by atoms with van der Waals surface area (Å²) in [6.07, 6.45) is -1.72. The third kappa shape index (κ3) is 2.15. The van der Waals surface area contributed by atoms with Gasteiger partial charge in [-0.3, -0.25) is 9.59 Å². The van der Waals surface area contributed by atoms with E-state index in [4.69, 9.17) is 0 Å². The molecule has 0 saturated carbocycles. The first kappa shape index (κ1) is 17.1. The summed E-state index contributed by atoms with van der Waals surface area (Å²) < 4.78 is 0. The Morgan fingerprint density at radius 3 is 1.31 bits per heavy atom. The normalized spacial score (nSPS) is 39.3. The Labute approximate surface area is 151 Å². The lowest BCUT2D eigenvalue weighted by atomic mass is 9.78. The van der Waals surface area contributed by atoms with E-state index in [2.05, 4.69) is 21.3 Å². The smallest absolute Gasteiger partial charge is 0.229 e. The number of nitrogens with one attached hydrogen (secondary N) is 4. The molecule has 2 aliphatic heterocycles. The molecule has 6 N–H and O–H groups in total. The molecule has 0 aromatic rings. The zero-order chi connectivity index (χ0) is 18.9. The maximum absolute atomic E-state index is 13.0. The molecular weight excluding hydrogens is 336 g/mol. The van der Waals surface area contributed by atoms with Crippen molar-refractivity contribution in [2.75, 3.05) is 0 Å². The quantitative estimate of drug-likeness (QED) is 0.229. The highest BCUT2D eigenvalue weighted by Crippen LogP contribution is 2.33. The van der Waals surface area contributed by atoms with Gasteiger partial charge in [-0.05, 0) is 38.8 Å². The van der Waals surface area contributed by atoms with Gasteiger partial charge in [0.1, 0.15) is 22.8 Å². The Hall–Kier alpha value is -2.32. The highest BCUT2D eigenvalue weighted by Gasteiger charge is 2.49. The first-order valence-electron chi connectivity index (χ1n) is 8.89. The van der Waals surface area contributed by atoms with Crippen LogP contribution in [0, 0.1) is 0 Å². The molecular formula is C18H24N4O4. The molecule has 4 rings (SSSR count). The fraction of sp³-hybridized carbons (Fsp3) is 0.556. The summed E-state index contributed by atoms with van der Waals surface area (Å²) in [5.41, 5.74) is 2.13. The Morgan fingerprint density at radius 2 is 0.962 bits per heavy atom. The van der Waals surface area contributed by atoms with Gasteiger partial charge >= 0.3 is 0 Å². The topological polar surface area (TPSA) is 123 Å². The van der Waals surface area contributed by atoms with Crippen LogP contribution in [0.4, 0.5) is 0 Å². The van der Waals surface area contributed by atoms with E-state index >= 15 is 0 Å². The SMILES string of the molecule is CC1=C(C)C(O)C2NC3=C(NC2C1O)C(=O)C1=C(NC(C)C(C)N1)C3=O. The van der Waals surface area contributed by atoms with E-state index < -0.39 is 24.3 Å². The number of hydrogen-bond donors (Lipinski definition) is 6. The van der Waals surface area contributed by atoms with E-state index in [-0.39, 0.29) is 46.4 Å². The summed E-state index contributed by atoms with van der Waals surface area (Å²) in [5.74, 6) is -0.644. The van der Waals surface area contributed by atoms with E-state index in [0.717, 1.165) is 0 Å². The van der Waals surface area contributed by atoms with Crippen LogP contribution in [0.1, 0.15) is 27.7 Å².